The van der Waals surface area contributed by atoms with E-state index in [2.05, 4.69) is 0 Å². The van der Waals surface area contributed by atoms with Crippen molar-refractivity contribution in [2.75, 3.05) is 6.61 Å². The summed E-state index contributed by atoms with van der Waals surface area (Å²) in [5, 5.41) is 19.3. The van der Waals surface area contributed by atoms with Crippen molar-refractivity contribution in [1.82, 2.24) is 0 Å². The fraction of sp³-hybridized carbons (Fsp3) is 0.643. The second-order valence-corrected chi connectivity index (χ2v) is 4.82. The summed E-state index contributed by atoms with van der Waals surface area (Å²) in [6.45, 7) is 2.47. The molecule has 2 rings (SSSR count). The molecule has 0 aromatic carbocycles. The van der Waals surface area contributed by atoms with Gasteiger partial charge in [0.1, 0.15) is 18.5 Å². The zero-order chi connectivity index (χ0) is 14.5. The third kappa shape index (κ3) is 3.59. The molecule has 1 aliphatic rings. The summed E-state index contributed by atoms with van der Waals surface area (Å²) < 4.78 is 16.3. The molecule has 2 unspecified atom stereocenters. The molecule has 6 nitrogen and oxygen atoms in total. The van der Waals surface area contributed by atoms with E-state index in [1.54, 1.807) is 6.92 Å². The Hall–Kier alpha value is -1.37. The fourth-order valence-electron chi connectivity index (χ4n) is 2.06. The molecule has 0 aliphatic carbocycles. The summed E-state index contributed by atoms with van der Waals surface area (Å²) in [5.74, 6) is -0.385. The average Bonchev–Trinajstić information content (AvgIpc) is 2.48. The minimum Gasteiger partial charge on any atom is -0.502 e. The van der Waals surface area contributed by atoms with E-state index in [0.29, 0.717) is 13.0 Å². The lowest BCUT2D eigenvalue weighted by molar-refractivity contribution is -0.171. The van der Waals surface area contributed by atoms with Gasteiger partial charge in [0, 0.05) is 12.7 Å². The van der Waals surface area contributed by atoms with Crippen LogP contribution < -0.4 is 5.43 Å². The van der Waals surface area contributed by atoms with Crippen molar-refractivity contribution in [2.24, 2.45) is 0 Å². The van der Waals surface area contributed by atoms with Crippen LogP contribution in [0, 0.1) is 0 Å². The average molecular weight is 284 g/mol. The Morgan fingerprint density at radius 2 is 2.30 bits per heavy atom. The van der Waals surface area contributed by atoms with Gasteiger partial charge < -0.3 is 24.1 Å². The van der Waals surface area contributed by atoms with Crippen molar-refractivity contribution in [2.45, 2.75) is 51.6 Å². The van der Waals surface area contributed by atoms with Gasteiger partial charge >= 0.3 is 0 Å². The Bertz CT molecular complexity index is 489. The van der Waals surface area contributed by atoms with Gasteiger partial charge in [-0.3, -0.25) is 4.79 Å². The van der Waals surface area contributed by atoms with Gasteiger partial charge in [-0.25, -0.2) is 0 Å². The Morgan fingerprint density at radius 1 is 1.50 bits per heavy atom. The second-order valence-electron chi connectivity index (χ2n) is 4.82. The summed E-state index contributed by atoms with van der Waals surface area (Å²) in [5.41, 5.74) is -0.582. The molecule has 1 aromatic heterocycles. The van der Waals surface area contributed by atoms with E-state index in [0.717, 1.165) is 19.3 Å². The SMILES string of the molecule is CCC(O)c1oc(COC2CCCCO2)cc(=O)c1O. The molecule has 0 bridgehead atoms. The van der Waals surface area contributed by atoms with Gasteiger partial charge in [0.25, 0.3) is 0 Å². The highest BCUT2D eigenvalue weighted by Crippen LogP contribution is 2.25. The lowest BCUT2D eigenvalue weighted by Gasteiger charge is -2.22. The molecule has 2 N–H and O–H groups in total. The van der Waals surface area contributed by atoms with E-state index >= 15 is 0 Å². The van der Waals surface area contributed by atoms with E-state index in [1.165, 1.54) is 6.07 Å². The lowest BCUT2D eigenvalue weighted by Crippen LogP contribution is -2.22. The zero-order valence-corrected chi connectivity index (χ0v) is 11.5. The maximum Gasteiger partial charge on any atom is 0.227 e. The van der Waals surface area contributed by atoms with Gasteiger partial charge in [-0.05, 0) is 25.7 Å². The first-order valence-electron chi connectivity index (χ1n) is 6.89. The van der Waals surface area contributed by atoms with Crippen molar-refractivity contribution < 1.29 is 24.1 Å². The van der Waals surface area contributed by atoms with E-state index in [1.807, 2.05) is 0 Å². The van der Waals surface area contributed by atoms with Crippen molar-refractivity contribution in [3.63, 3.8) is 0 Å². The van der Waals surface area contributed by atoms with Gasteiger partial charge in [0.05, 0.1) is 0 Å². The van der Waals surface area contributed by atoms with Crippen LogP contribution in [-0.2, 0) is 16.1 Å². The summed E-state index contributed by atoms with van der Waals surface area (Å²) in [6.07, 6.45) is 1.93. The van der Waals surface area contributed by atoms with Gasteiger partial charge in [-0.2, -0.15) is 0 Å². The quantitative estimate of drug-likeness (QED) is 0.857. The summed E-state index contributed by atoms with van der Waals surface area (Å²) in [7, 11) is 0. The number of aliphatic hydroxyl groups is 1. The Morgan fingerprint density at radius 3 is 2.95 bits per heavy atom. The molecule has 1 aromatic rings. The van der Waals surface area contributed by atoms with E-state index in [4.69, 9.17) is 13.9 Å². The maximum absolute atomic E-state index is 11.6. The minimum atomic E-state index is -1.01. The minimum absolute atomic E-state index is 0.0730. The molecule has 0 amide bonds. The van der Waals surface area contributed by atoms with Crippen LogP contribution in [0.5, 0.6) is 5.75 Å². The molecule has 1 fully saturated rings. The molecule has 6 heteroatoms. The first kappa shape index (κ1) is 15.0. The number of hydrogen-bond donors (Lipinski definition) is 2. The predicted molar refractivity (Wildman–Crippen MR) is 70.3 cm³/mol. The highest BCUT2D eigenvalue weighted by atomic mass is 16.7. The molecule has 0 radical (unpaired) electrons. The molecule has 20 heavy (non-hydrogen) atoms. The van der Waals surface area contributed by atoms with Crippen LogP contribution >= 0.6 is 0 Å². The molecular formula is C14H20O6. The van der Waals surface area contributed by atoms with E-state index < -0.39 is 17.3 Å². The Balaban J connectivity index is 2.07. The molecule has 2 atom stereocenters. The van der Waals surface area contributed by atoms with Crippen molar-refractivity contribution in [3.05, 3.63) is 27.8 Å². The normalized spacial score (nSPS) is 20.8. The third-order valence-corrected chi connectivity index (χ3v) is 3.24. The van der Waals surface area contributed by atoms with Gasteiger partial charge in [0.2, 0.25) is 11.2 Å². The molecule has 2 heterocycles. The van der Waals surface area contributed by atoms with Crippen LogP contribution in [0.3, 0.4) is 0 Å². The van der Waals surface area contributed by atoms with Crippen LogP contribution in [-0.4, -0.2) is 23.1 Å². The lowest BCUT2D eigenvalue weighted by atomic mass is 10.2. The topological polar surface area (TPSA) is 89.1 Å². The second kappa shape index (κ2) is 6.88. The highest BCUT2D eigenvalue weighted by molar-refractivity contribution is 5.26. The van der Waals surface area contributed by atoms with Gasteiger partial charge in [-0.1, -0.05) is 6.92 Å². The van der Waals surface area contributed by atoms with Crippen LogP contribution in [0.25, 0.3) is 0 Å². The number of ether oxygens (including phenoxy) is 2. The molecular weight excluding hydrogens is 264 g/mol. The summed E-state index contributed by atoms with van der Waals surface area (Å²) in [6, 6.07) is 1.17. The smallest absolute Gasteiger partial charge is 0.227 e. The number of rotatable bonds is 5. The van der Waals surface area contributed by atoms with Crippen LogP contribution in [0.4, 0.5) is 0 Å². The molecule has 0 spiro atoms. The van der Waals surface area contributed by atoms with E-state index in [9.17, 15) is 15.0 Å². The molecule has 0 saturated carbocycles. The monoisotopic (exact) mass is 284 g/mol. The summed E-state index contributed by atoms with van der Waals surface area (Å²) >= 11 is 0. The standard InChI is InChI=1S/C14H20O6/c1-2-10(15)14-13(17)11(16)7-9(20-14)8-19-12-5-3-4-6-18-12/h7,10,12,15,17H,2-6,8H2,1H3. The molecule has 112 valence electrons. The Labute approximate surface area is 116 Å². The molecule has 1 aliphatic heterocycles. The largest absolute Gasteiger partial charge is 0.502 e. The van der Waals surface area contributed by atoms with Crippen LogP contribution in [0.1, 0.15) is 50.2 Å². The van der Waals surface area contributed by atoms with E-state index in [-0.39, 0.29) is 24.4 Å². The van der Waals surface area contributed by atoms with Crippen molar-refractivity contribution in [1.29, 1.82) is 0 Å². The summed E-state index contributed by atoms with van der Waals surface area (Å²) in [4.78, 5) is 11.6. The molecule has 1 saturated heterocycles. The van der Waals surface area contributed by atoms with Crippen molar-refractivity contribution >= 4 is 0 Å². The Kier molecular flexibility index (Phi) is 5.17. The van der Waals surface area contributed by atoms with Crippen molar-refractivity contribution in [3.8, 4) is 5.75 Å². The number of aromatic hydroxyl groups is 1. The predicted octanol–water partition coefficient (Wildman–Crippen LogP) is 1.83. The number of aliphatic hydroxyl groups excluding tert-OH is 1. The maximum atomic E-state index is 11.6. The third-order valence-electron chi connectivity index (χ3n) is 3.24. The van der Waals surface area contributed by atoms with Gasteiger partial charge in [0.15, 0.2) is 12.1 Å². The number of hydrogen-bond acceptors (Lipinski definition) is 6. The first-order chi connectivity index (χ1) is 9.61. The first-order valence-corrected chi connectivity index (χ1v) is 6.89. The van der Waals surface area contributed by atoms with Gasteiger partial charge in [-0.15, -0.1) is 0 Å². The highest BCUT2D eigenvalue weighted by Gasteiger charge is 2.19. The van der Waals surface area contributed by atoms with Crippen LogP contribution in [0.2, 0.25) is 0 Å². The van der Waals surface area contributed by atoms with Crippen LogP contribution in [0.15, 0.2) is 15.3 Å². The fourth-order valence-corrected chi connectivity index (χ4v) is 2.06. The zero-order valence-electron chi connectivity index (χ0n) is 11.5.